The Kier molecular flexibility index (Phi) is 6.22. The van der Waals surface area contributed by atoms with Gasteiger partial charge in [-0.1, -0.05) is 0 Å². The molecule has 0 radical (unpaired) electrons. The molecular formula is C15H20BrNO5. The highest BCUT2D eigenvalue weighted by molar-refractivity contribution is 9.10. The van der Waals surface area contributed by atoms with E-state index in [4.69, 9.17) is 9.47 Å². The lowest BCUT2D eigenvalue weighted by molar-refractivity contribution is -0.146. The molecule has 22 heavy (non-hydrogen) atoms. The van der Waals surface area contributed by atoms with Crippen molar-refractivity contribution in [2.24, 2.45) is 0 Å². The molecule has 0 saturated heterocycles. The summed E-state index contributed by atoms with van der Waals surface area (Å²) >= 11 is 3.35. The fourth-order valence-corrected chi connectivity index (χ4v) is 2.35. The molecule has 7 heteroatoms. The molecule has 1 rings (SSSR count). The van der Waals surface area contributed by atoms with Crippen molar-refractivity contribution in [1.82, 2.24) is 5.32 Å². The summed E-state index contributed by atoms with van der Waals surface area (Å²) in [5, 5.41) is 2.62. The SMILES string of the molecule is CCOc1c(Br)cc(C(=O)NC(C)(C)C(=O)OC)cc1OC. The quantitative estimate of drug-likeness (QED) is 0.775. The second-order valence-corrected chi connectivity index (χ2v) is 5.85. The van der Waals surface area contributed by atoms with E-state index in [1.54, 1.807) is 26.0 Å². The molecular weight excluding hydrogens is 354 g/mol. The smallest absolute Gasteiger partial charge is 0.330 e. The zero-order valence-electron chi connectivity index (χ0n) is 13.3. The van der Waals surface area contributed by atoms with Crippen molar-refractivity contribution in [3.05, 3.63) is 22.2 Å². The van der Waals surface area contributed by atoms with Crippen molar-refractivity contribution in [3.63, 3.8) is 0 Å². The summed E-state index contributed by atoms with van der Waals surface area (Å²) < 4.78 is 16.0. The first kappa shape index (κ1) is 18.3. The van der Waals surface area contributed by atoms with Crippen molar-refractivity contribution in [3.8, 4) is 11.5 Å². The summed E-state index contributed by atoms with van der Waals surface area (Å²) in [5.74, 6) is 0.00120. The van der Waals surface area contributed by atoms with Crippen molar-refractivity contribution < 1.29 is 23.8 Å². The second-order valence-electron chi connectivity index (χ2n) is 4.99. The lowest BCUT2D eigenvalue weighted by Crippen LogP contribution is -2.50. The summed E-state index contributed by atoms with van der Waals surface area (Å²) in [5.41, 5.74) is -0.798. The largest absolute Gasteiger partial charge is 0.493 e. The zero-order chi connectivity index (χ0) is 16.9. The van der Waals surface area contributed by atoms with Crippen LogP contribution in [0, 0.1) is 0 Å². The van der Waals surface area contributed by atoms with Gasteiger partial charge in [0.2, 0.25) is 0 Å². The molecule has 0 atom stereocenters. The molecule has 122 valence electrons. The van der Waals surface area contributed by atoms with Crippen LogP contribution >= 0.6 is 15.9 Å². The molecule has 0 heterocycles. The van der Waals surface area contributed by atoms with E-state index in [2.05, 4.69) is 26.0 Å². The van der Waals surface area contributed by atoms with Crippen LogP contribution in [-0.4, -0.2) is 38.2 Å². The van der Waals surface area contributed by atoms with E-state index in [0.717, 1.165) is 0 Å². The lowest BCUT2D eigenvalue weighted by Gasteiger charge is -2.23. The van der Waals surface area contributed by atoms with E-state index in [1.165, 1.54) is 14.2 Å². The second kappa shape index (κ2) is 7.49. The van der Waals surface area contributed by atoms with Gasteiger partial charge in [0.15, 0.2) is 11.5 Å². The Hall–Kier alpha value is -1.76. The molecule has 0 saturated carbocycles. The molecule has 1 aromatic carbocycles. The van der Waals surface area contributed by atoms with E-state index in [1.807, 2.05) is 6.92 Å². The number of nitrogens with one attached hydrogen (secondary N) is 1. The van der Waals surface area contributed by atoms with Crippen LogP contribution in [0.25, 0.3) is 0 Å². The minimum absolute atomic E-state index is 0.337. The first-order valence-corrected chi connectivity index (χ1v) is 7.47. The number of benzene rings is 1. The maximum absolute atomic E-state index is 12.3. The van der Waals surface area contributed by atoms with E-state index in [9.17, 15) is 9.59 Å². The van der Waals surface area contributed by atoms with Crippen molar-refractivity contribution in [2.75, 3.05) is 20.8 Å². The van der Waals surface area contributed by atoms with Crippen molar-refractivity contribution in [1.29, 1.82) is 0 Å². The van der Waals surface area contributed by atoms with Gasteiger partial charge in [0.25, 0.3) is 5.91 Å². The lowest BCUT2D eigenvalue weighted by atomic mass is 10.0. The number of ether oxygens (including phenoxy) is 3. The Bertz CT molecular complexity index is 571. The summed E-state index contributed by atoms with van der Waals surface area (Å²) in [7, 11) is 2.76. The van der Waals surface area contributed by atoms with Gasteiger partial charge in [-0.25, -0.2) is 4.79 Å². The number of carbonyl (C=O) groups is 2. The average molecular weight is 374 g/mol. The van der Waals surface area contributed by atoms with Crippen molar-refractivity contribution in [2.45, 2.75) is 26.3 Å². The number of esters is 1. The summed E-state index contributed by atoms with van der Waals surface area (Å²) in [6, 6.07) is 3.16. The van der Waals surface area contributed by atoms with Crippen LogP contribution in [0.15, 0.2) is 16.6 Å². The zero-order valence-corrected chi connectivity index (χ0v) is 14.9. The van der Waals surface area contributed by atoms with Gasteiger partial charge in [-0.05, 0) is 48.8 Å². The average Bonchev–Trinajstić information content (AvgIpc) is 2.47. The Morgan fingerprint density at radius 1 is 1.27 bits per heavy atom. The van der Waals surface area contributed by atoms with Crippen LogP contribution in [0.5, 0.6) is 11.5 Å². The molecule has 0 aliphatic heterocycles. The maximum Gasteiger partial charge on any atom is 0.330 e. The van der Waals surface area contributed by atoms with E-state index >= 15 is 0 Å². The Balaban J connectivity index is 3.09. The van der Waals surface area contributed by atoms with E-state index in [-0.39, 0.29) is 0 Å². The number of hydrogen-bond acceptors (Lipinski definition) is 5. The molecule has 1 aromatic rings. The van der Waals surface area contributed by atoms with E-state index < -0.39 is 17.4 Å². The fourth-order valence-electron chi connectivity index (χ4n) is 1.80. The van der Waals surface area contributed by atoms with Crippen LogP contribution in [0.1, 0.15) is 31.1 Å². The molecule has 6 nitrogen and oxygen atoms in total. The highest BCUT2D eigenvalue weighted by Gasteiger charge is 2.31. The molecule has 0 aliphatic rings. The Morgan fingerprint density at radius 3 is 2.41 bits per heavy atom. The van der Waals surface area contributed by atoms with Crippen LogP contribution in [-0.2, 0) is 9.53 Å². The number of amides is 1. The third-order valence-electron chi connectivity index (χ3n) is 2.90. The predicted molar refractivity (Wildman–Crippen MR) is 85.4 cm³/mol. The predicted octanol–water partition coefficient (Wildman–Crippen LogP) is 2.54. The minimum atomic E-state index is -1.13. The topological polar surface area (TPSA) is 73.9 Å². The molecule has 0 aromatic heterocycles. The molecule has 0 unspecified atom stereocenters. The van der Waals surface area contributed by atoms with Gasteiger partial charge in [0.1, 0.15) is 5.54 Å². The van der Waals surface area contributed by atoms with Gasteiger partial charge in [-0.2, -0.15) is 0 Å². The molecule has 1 amide bonds. The van der Waals surface area contributed by atoms with Gasteiger partial charge >= 0.3 is 5.97 Å². The molecule has 0 aliphatic carbocycles. The van der Waals surface area contributed by atoms with Gasteiger partial charge in [-0.15, -0.1) is 0 Å². The van der Waals surface area contributed by atoms with Crippen LogP contribution in [0.2, 0.25) is 0 Å². The highest BCUT2D eigenvalue weighted by atomic mass is 79.9. The standard InChI is InChI=1S/C15H20BrNO5/c1-6-22-12-10(16)7-9(8-11(12)20-4)13(18)17-15(2,3)14(19)21-5/h7-8H,6H2,1-5H3,(H,17,18). The molecule has 1 N–H and O–H groups in total. The number of halogens is 1. The Labute approximate surface area is 138 Å². The first-order chi connectivity index (χ1) is 10.3. The minimum Gasteiger partial charge on any atom is -0.493 e. The summed E-state index contributed by atoms with van der Waals surface area (Å²) in [6.45, 7) is 5.45. The maximum atomic E-state index is 12.3. The van der Waals surface area contributed by atoms with Gasteiger partial charge in [0.05, 0.1) is 25.3 Å². The number of hydrogen-bond donors (Lipinski definition) is 1. The molecule has 0 spiro atoms. The van der Waals surface area contributed by atoms with Crippen LogP contribution in [0.4, 0.5) is 0 Å². The first-order valence-electron chi connectivity index (χ1n) is 6.68. The van der Waals surface area contributed by atoms with Gasteiger partial charge < -0.3 is 19.5 Å². The Morgan fingerprint density at radius 2 is 1.91 bits per heavy atom. The molecule has 0 fully saturated rings. The monoisotopic (exact) mass is 373 g/mol. The summed E-state index contributed by atoms with van der Waals surface area (Å²) in [4.78, 5) is 24.0. The third-order valence-corrected chi connectivity index (χ3v) is 3.49. The third kappa shape index (κ3) is 4.13. The highest BCUT2D eigenvalue weighted by Crippen LogP contribution is 2.36. The van der Waals surface area contributed by atoms with Crippen LogP contribution < -0.4 is 14.8 Å². The normalized spacial score (nSPS) is 10.8. The van der Waals surface area contributed by atoms with E-state index in [0.29, 0.717) is 28.1 Å². The number of rotatable bonds is 6. The fraction of sp³-hybridized carbons (Fsp3) is 0.467. The number of methoxy groups -OCH3 is 2. The number of carbonyl (C=O) groups excluding carboxylic acids is 2. The van der Waals surface area contributed by atoms with Gasteiger partial charge in [0, 0.05) is 5.56 Å². The van der Waals surface area contributed by atoms with Crippen molar-refractivity contribution >= 4 is 27.8 Å². The van der Waals surface area contributed by atoms with Crippen LogP contribution in [0.3, 0.4) is 0 Å². The molecule has 0 bridgehead atoms. The van der Waals surface area contributed by atoms with Gasteiger partial charge in [-0.3, -0.25) is 4.79 Å². The summed E-state index contributed by atoms with van der Waals surface area (Å²) in [6.07, 6.45) is 0.